The lowest BCUT2D eigenvalue weighted by molar-refractivity contribution is -0.122. The van der Waals surface area contributed by atoms with Gasteiger partial charge >= 0.3 is 5.97 Å². The van der Waals surface area contributed by atoms with E-state index >= 15 is 0 Å². The van der Waals surface area contributed by atoms with Gasteiger partial charge in [0.25, 0.3) is 0 Å². The van der Waals surface area contributed by atoms with Gasteiger partial charge in [0, 0.05) is 12.5 Å². The second kappa shape index (κ2) is 8.48. The van der Waals surface area contributed by atoms with E-state index in [1.807, 2.05) is 0 Å². The summed E-state index contributed by atoms with van der Waals surface area (Å²) in [6.07, 6.45) is 5.71. The van der Waals surface area contributed by atoms with Crippen LogP contribution in [0.2, 0.25) is 0 Å². The zero-order valence-corrected chi connectivity index (χ0v) is 14.3. The van der Waals surface area contributed by atoms with Crippen LogP contribution in [0.1, 0.15) is 42.1 Å². The number of fused-ring (bicyclic) bond motifs is 1. The van der Waals surface area contributed by atoms with E-state index in [0.29, 0.717) is 24.2 Å². The van der Waals surface area contributed by atoms with Gasteiger partial charge in [-0.05, 0) is 37.5 Å². The number of benzene rings is 1. The molecule has 6 nitrogen and oxygen atoms in total. The topological polar surface area (TPSA) is 93.1 Å². The molecule has 0 amide bonds. The molecule has 0 radical (unpaired) electrons. The minimum Gasteiger partial charge on any atom is -0.507 e. The summed E-state index contributed by atoms with van der Waals surface area (Å²) in [5.74, 6) is -0.845. The summed E-state index contributed by atoms with van der Waals surface area (Å²) in [4.78, 5) is 24.2. The van der Waals surface area contributed by atoms with Crippen molar-refractivity contribution in [2.75, 3.05) is 7.11 Å². The van der Waals surface area contributed by atoms with Crippen molar-refractivity contribution in [2.45, 2.75) is 38.4 Å². The van der Waals surface area contributed by atoms with Crippen molar-refractivity contribution in [3.8, 4) is 11.5 Å². The van der Waals surface area contributed by atoms with Crippen molar-refractivity contribution in [1.82, 2.24) is 0 Å². The molecule has 1 aromatic carbocycles. The number of carbonyl (C=O) groups excluding carboxylic acids is 2. The summed E-state index contributed by atoms with van der Waals surface area (Å²) in [6.45, 7) is 1.69. The number of phenols is 1. The van der Waals surface area contributed by atoms with Gasteiger partial charge < -0.3 is 19.7 Å². The molecule has 0 saturated heterocycles. The summed E-state index contributed by atoms with van der Waals surface area (Å²) >= 11 is 0. The molecule has 2 N–H and O–H groups in total. The first kappa shape index (κ1) is 18.7. The summed E-state index contributed by atoms with van der Waals surface area (Å²) < 4.78 is 10.5. The Hall–Kier alpha value is -2.60. The lowest BCUT2D eigenvalue weighted by atomic mass is 10.0. The number of cyclic esters (lactones) is 1. The fourth-order valence-corrected chi connectivity index (χ4v) is 2.48. The number of phenolic OH excluding ortho intramolecular Hbond substituents is 1. The molecular weight excluding hydrogens is 324 g/mol. The number of methoxy groups -OCH3 is 1. The van der Waals surface area contributed by atoms with Crippen LogP contribution in [0.5, 0.6) is 11.5 Å². The highest BCUT2D eigenvalue weighted by atomic mass is 16.5. The van der Waals surface area contributed by atoms with Crippen molar-refractivity contribution in [1.29, 1.82) is 0 Å². The van der Waals surface area contributed by atoms with Gasteiger partial charge in [0.1, 0.15) is 29.3 Å². The molecule has 2 unspecified atom stereocenters. The number of hydrogen-bond donors (Lipinski definition) is 2. The molecule has 0 aromatic heterocycles. The predicted molar refractivity (Wildman–Crippen MR) is 92.6 cm³/mol. The SMILES string of the molecule is COc1cc(O)c2c(c1)/C=C/CCC(O)C(=O)/C=C\CC(C)OC2=O. The van der Waals surface area contributed by atoms with Crippen molar-refractivity contribution in [2.24, 2.45) is 0 Å². The van der Waals surface area contributed by atoms with Gasteiger partial charge in [-0.1, -0.05) is 18.2 Å². The van der Waals surface area contributed by atoms with Crippen molar-refractivity contribution < 1.29 is 29.3 Å². The Kier molecular flexibility index (Phi) is 6.36. The normalized spacial score (nSPS) is 24.6. The lowest BCUT2D eigenvalue weighted by Gasteiger charge is -2.15. The van der Waals surface area contributed by atoms with E-state index in [4.69, 9.17) is 9.47 Å². The maximum atomic E-state index is 12.4. The molecule has 2 rings (SSSR count). The molecule has 0 saturated carbocycles. The number of hydrogen-bond acceptors (Lipinski definition) is 6. The van der Waals surface area contributed by atoms with Crippen LogP contribution in [-0.2, 0) is 9.53 Å². The molecular formula is C19H22O6. The van der Waals surface area contributed by atoms with E-state index in [2.05, 4.69) is 0 Å². The predicted octanol–water partition coefficient (Wildman–Crippen LogP) is 2.63. The first-order chi connectivity index (χ1) is 11.9. The number of aliphatic hydroxyl groups excluding tert-OH is 1. The Labute approximate surface area is 146 Å². The molecule has 1 aromatic rings. The Balaban J connectivity index is 2.40. The highest BCUT2D eigenvalue weighted by molar-refractivity contribution is 5.97. The molecule has 0 aliphatic carbocycles. The maximum absolute atomic E-state index is 12.4. The molecule has 6 heteroatoms. The molecule has 0 bridgehead atoms. The van der Waals surface area contributed by atoms with Crippen LogP contribution in [-0.4, -0.2) is 41.3 Å². The highest BCUT2D eigenvalue weighted by Crippen LogP contribution is 2.30. The average Bonchev–Trinajstić information content (AvgIpc) is 2.56. The van der Waals surface area contributed by atoms with E-state index in [9.17, 15) is 19.8 Å². The van der Waals surface area contributed by atoms with E-state index in [-0.39, 0.29) is 23.5 Å². The third kappa shape index (κ3) is 4.93. The summed E-state index contributed by atoms with van der Waals surface area (Å²) in [5, 5.41) is 20.0. The lowest BCUT2D eigenvalue weighted by Crippen LogP contribution is -2.18. The van der Waals surface area contributed by atoms with Gasteiger partial charge in [-0.3, -0.25) is 4.79 Å². The van der Waals surface area contributed by atoms with Crippen LogP contribution < -0.4 is 4.74 Å². The average molecular weight is 346 g/mol. The summed E-state index contributed by atoms with van der Waals surface area (Å²) in [7, 11) is 1.46. The van der Waals surface area contributed by atoms with E-state index in [1.54, 1.807) is 31.2 Å². The maximum Gasteiger partial charge on any atom is 0.342 e. The van der Waals surface area contributed by atoms with Crippen molar-refractivity contribution >= 4 is 17.8 Å². The minimum atomic E-state index is -1.07. The Bertz CT molecular complexity index is 704. The third-order valence-electron chi connectivity index (χ3n) is 3.85. The molecule has 134 valence electrons. The van der Waals surface area contributed by atoms with Gasteiger partial charge in [-0.15, -0.1) is 0 Å². The number of allylic oxidation sites excluding steroid dienone is 1. The van der Waals surface area contributed by atoms with Crippen LogP contribution >= 0.6 is 0 Å². The second-order valence-corrected chi connectivity index (χ2v) is 5.86. The smallest absolute Gasteiger partial charge is 0.342 e. The van der Waals surface area contributed by atoms with Gasteiger partial charge in [0.15, 0.2) is 5.78 Å². The highest BCUT2D eigenvalue weighted by Gasteiger charge is 2.21. The zero-order valence-electron chi connectivity index (χ0n) is 14.3. The first-order valence-corrected chi connectivity index (χ1v) is 8.09. The molecule has 25 heavy (non-hydrogen) atoms. The summed E-state index contributed by atoms with van der Waals surface area (Å²) in [5.41, 5.74) is 0.504. The minimum absolute atomic E-state index is 0.0570. The fraction of sp³-hybridized carbons (Fsp3) is 0.368. The number of ketones is 1. The van der Waals surface area contributed by atoms with Crippen LogP contribution in [0.15, 0.2) is 30.4 Å². The Morgan fingerprint density at radius 2 is 1.96 bits per heavy atom. The molecule has 1 aliphatic heterocycles. The monoisotopic (exact) mass is 346 g/mol. The van der Waals surface area contributed by atoms with Crippen LogP contribution in [0.4, 0.5) is 0 Å². The van der Waals surface area contributed by atoms with Crippen LogP contribution in [0.25, 0.3) is 6.08 Å². The molecule has 1 aliphatic rings. The third-order valence-corrected chi connectivity index (χ3v) is 3.85. The van der Waals surface area contributed by atoms with E-state index in [0.717, 1.165) is 0 Å². The van der Waals surface area contributed by atoms with Crippen molar-refractivity contribution in [3.63, 3.8) is 0 Å². The molecule has 2 atom stereocenters. The van der Waals surface area contributed by atoms with Gasteiger partial charge in [-0.2, -0.15) is 0 Å². The number of esters is 1. The number of aliphatic hydroxyl groups is 1. The van der Waals surface area contributed by atoms with E-state index < -0.39 is 18.2 Å². The van der Waals surface area contributed by atoms with E-state index in [1.165, 1.54) is 19.3 Å². The first-order valence-electron chi connectivity index (χ1n) is 8.09. The largest absolute Gasteiger partial charge is 0.507 e. The van der Waals surface area contributed by atoms with Crippen molar-refractivity contribution in [3.05, 3.63) is 41.5 Å². The fourth-order valence-electron chi connectivity index (χ4n) is 2.48. The van der Waals surface area contributed by atoms with Gasteiger partial charge in [0.05, 0.1) is 7.11 Å². The van der Waals surface area contributed by atoms with Gasteiger partial charge in [-0.25, -0.2) is 4.79 Å². The quantitative estimate of drug-likeness (QED) is 0.759. The molecule has 0 fully saturated rings. The summed E-state index contributed by atoms with van der Waals surface area (Å²) in [6, 6.07) is 2.97. The zero-order chi connectivity index (χ0) is 18.4. The second-order valence-electron chi connectivity index (χ2n) is 5.86. The Morgan fingerprint density at radius 3 is 2.68 bits per heavy atom. The van der Waals surface area contributed by atoms with Crippen LogP contribution in [0.3, 0.4) is 0 Å². The number of aromatic hydroxyl groups is 1. The number of rotatable bonds is 1. The number of ether oxygens (including phenoxy) is 2. The van der Waals surface area contributed by atoms with Gasteiger partial charge in [0.2, 0.25) is 0 Å². The standard InChI is InChI=1S/C19H22O6/c1-12-6-5-9-16(21)15(20)8-4-3-7-13-10-14(24-2)11-17(22)18(13)19(23)25-12/h3,5,7,9-12,15,20,22H,4,6,8H2,1-2H3/b7-3+,9-5-. The van der Waals surface area contributed by atoms with Crippen LogP contribution in [0, 0.1) is 0 Å². The molecule has 0 spiro atoms. The molecule has 1 heterocycles. The number of carbonyl (C=O) groups is 2. The Morgan fingerprint density at radius 1 is 1.20 bits per heavy atom.